The second-order valence-corrected chi connectivity index (χ2v) is 4.60. The van der Waals surface area contributed by atoms with Crippen molar-refractivity contribution >= 4 is 22.6 Å². The molecular formula is C13H14N2O5. The Hall–Kier alpha value is -2.57. The van der Waals surface area contributed by atoms with Crippen LogP contribution >= 0.6 is 0 Å². The molecule has 0 bridgehead atoms. The lowest BCUT2D eigenvalue weighted by Gasteiger charge is -2.01. The topological polar surface area (TPSA) is 106 Å². The van der Waals surface area contributed by atoms with E-state index in [1.165, 1.54) is 12.1 Å². The predicted octanol–water partition coefficient (Wildman–Crippen LogP) is 2.12. The van der Waals surface area contributed by atoms with Gasteiger partial charge in [0.05, 0.1) is 15.8 Å². The van der Waals surface area contributed by atoms with Crippen molar-refractivity contribution in [2.45, 2.75) is 19.8 Å². The highest BCUT2D eigenvalue weighted by atomic mass is 16.6. The van der Waals surface area contributed by atoms with Crippen molar-refractivity contribution in [1.29, 1.82) is 0 Å². The van der Waals surface area contributed by atoms with Gasteiger partial charge in [0.25, 0.3) is 5.69 Å². The standard InChI is InChI=1S/C13H14N2O5/c1-7-8(3-6-11(17)18)12-9(15(19)20)4-5-10(16)13(12)14(7)2/h4-5,16H,3,6H2,1-2H3,(H,17,18). The van der Waals surface area contributed by atoms with Gasteiger partial charge in [-0.1, -0.05) is 0 Å². The molecule has 0 saturated heterocycles. The first-order chi connectivity index (χ1) is 9.34. The molecule has 0 unspecified atom stereocenters. The highest BCUT2D eigenvalue weighted by Crippen LogP contribution is 2.38. The van der Waals surface area contributed by atoms with Gasteiger partial charge in [-0.25, -0.2) is 0 Å². The summed E-state index contributed by atoms with van der Waals surface area (Å²) < 4.78 is 1.65. The third kappa shape index (κ3) is 2.07. The van der Waals surface area contributed by atoms with Crippen LogP contribution in [0.25, 0.3) is 10.9 Å². The van der Waals surface area contributed by atoms with Crippen molar-refractivity contribution in [3.05, 3.63) is 33.5 Å². The molecule has 7 nitrogen and oxygen atoms in total. The molecule has 1 heterocycles. The van der Waals surface area contributed by atoms with Crippen molar-refractivity contribution in [3.63, 3.8) is 0 Å². The van der Waals surface area contributed by atoms with Crippen LogP contribution in [0.2, 0.25) is 0 Å². The highest BCUT2D eigenvalue weighted by molar-refractivity contribution is 5.97. The van der Waals surface area contributed by atoms with E-state index in [2.05, 4.69) is 0 Å². The summed E-state index contributed by atoms with van der Waals surface area (Å²) in [6.07, 6.45) is 0.0650. The van der Waals surface area contributed by atoms with Crippen LogP contribution < -0.4 is 0 Å². The van der Waals surface area contributed by atoms with Crippen molar-refractivity contribution in [3.8, 4) is 5.75 Å². The van der Waals surface area contributed by atoms with E-state index in [4.69, 9.17) is 5.11 Å². The Morgan fingerprint density at radius 2 is 2.10 bits per heavy atom. The molecule has 0 atom stereocenters. The summed E-state index contributed by atoms with van der Waals surface area (Å²) in [5.74, 6) is -1.03. The fourth-order valence-corrected chi connectivity index (χ4v) is 2.45. The van der Waals surface area contributed by atoms with E-state index in [0.717, 1.165) is 0 Å². The van der Waals surface area contributed by atoms with Gasteiger partial charge >= 0.3 is 5.97 Å². The van der Waals surface area contributed by atoms with Crippen LogP contribution in [0.3, 0.4) is 0 Å². The molecule has 2 N–H and O–H groups in total. The first-order valence-electron chi connectivity index (χ1n) is 6.00. The summed E-state index contributed by atoms with van der Waals surface area (Å²) in [6.45, 7) is 1.75. The van der Waals surface area contributed by atoms with E-state index in [9.17, 15) is 20.0 Å². The molecule has 0 aliphatic carbocycles. The van der Waals surface area contributed by atoms with Gasteiger partial charge in [-0.15, -0.1) is 0 Å². The molecule has 2 aromatic rings. The molecule has 1 aromatic heterocycles. The van der Waals surface area contributed by atoms with Gasteiger partial charge in [0, 0.05) is 25.2 Å². The number of phenolic OH excluding ortho intramolecular Hbond substituents is 1. The molecule has 0 saturated carbocycles. The van der Waals surface area contributed by atoms with E-state index in [1.807, 2.05) is 0 Å². The summed E-state index contributed by atoms with van der Waals surface area (Å²) in [6, 6.07) is 2.52. The second kappa shape index (κ2) is 4.84. The number of aliphatic carboxylic acids is 1. The number of carboxylic acid groups (broad SMARTS) is 1. The molecule has 0 aliphatic rings. The first-order valence-corrected chi connectivity index (χ1v) is 6.00. The summed E-state index contributed by atoms with van der Waals surface area (Å²) in [5, 5.41) is 30.2. The van der Waals surface area contributed by atoms with E-state index >= 15 is 0 Å². The van der Waals surface area contributed by atoms with Gasteiger partial charge in [-0.05, 0) is 25.0 Å². The number of nitrogens with zero attached hydrogens (tertiary/aromatic N) is 2. The molecule has 0 spiro atoms. The van der Waals surface area contributed by atoms with Gasteiger partial charge in [0.2, 0.25) is 0 Å². The van der Waals surface area contributed by atoms with Gasteiger partial charge in [0.1, 0.15) is 5.75 Å². The number of carboxylic acids is 1. The molecule has 0 aliphatic heterocycles. The Morgan fingerprint density at radius 3 is 2.65 bits per heavy atom. The van der Waals surface area contributed by atoms with Crippen LogP contribution in [0.15, 0.2) is 12.1 Å². The number of non-ortho nitro benzene ring substituents is 1. The Morgan fingerprint density at radius 1 is 1.45 bits per heavy atom. The molecule has 0 fully saturated rings. The minimum Gasteiger partial charge on any atom is -0.506 e. The third-order valence-corrected chi connectivity index (χ3v) is 3.50. The van der Waals surface area contributed by atoms with Crippen molar-refractivity contribution in [1.82, 2.24) is 4.57 Å². The molecule has 0 amide bonds. The maximum absolute atomic E-state index is 11.1. The van der Waals surface area contributed by atoms with Crippen LogP contribution in [-0.4, -0.2) is 25.7 Å². The molecule has 106 valence electrons. The van der Waals surface area contributed by atoms with E-state index in [-0.39, 0.29) is 24.3 Å². The molecule has 20 heavy (non-hydrogen) atoms. The number of nitro groups is 1. The van der Waals surface area contributed by atoms with Crippen LogP contribution in [-0.2, 0) is 18.3 Å². The highest BCUT2D eigenvalue weighted by Gasteiger charge is 2.24. The average molecular weight is 278 g/mol. The Balaban J connectivity index is 2.78. The van der Waals surface area contributed by atoms with Crippen molar-refractivity contribution < 1.29 is 19.9 Å². The SMILES string of the molecule is Cc1c(CCC(=O)O)c2c([N+](=O)[O-])ccc(O)c2n1C. The maximum Gasteiger partial charge on any atom is 0.303 e. The van der Waals surface area contributed by atoms with Crippen molar-refractivity contribution in [2.24, 2.45) is 7.05 Å². The fourth-order valence-electron chi connectivity index (χ4n) is 2.45. The Labute approximate surface area is 114 Å². The Kier molecular flexibility index (Phi) is 3.35. The maximum atomic E-state index is 11.1. The summed E-state index contributed by atoms with van der Waals surface area (Å²) in [7, 11) is 1.69. The average Bonchev–Trinajstić information content (AvgIpc) is 2.61. The number of benzene rings is 1. The molecule has 1 aromatic carbocycles. The summed E-state index contributed by atoms with van der Waals surface area (Å²) in [4.78, 5) is 21.3. The number of carbonyl (C=O) groups is 1. The van der Waals surface area contributed by atoms with E-state index < -0.39 is 10.9 Å². The van der Waals surface area contributed by atoms with Gasteiger partial charge in [0.15, 0.2) is 0 Å². The number of aryl methyl sites for hydroxylation is 2. The minimum atomic E-state index is -0.968. The van der Waals surface area contributed by atoms with Gasteiger partial charge < -0.3 is 14.8 Å². The quantitative estimate of drug-likeness (QED) is 0.658. The molecular weight excluding hydrogens is 264 g/mol. The lowest BCUT2D eigenvalue weighted by atomic mass is 10.0. The summed E-state index contributed by atoms with van der Waals surface area (Å²) in [5.41, 5.74) is 1.54. The monoisotopic (exact) mass is 278 g/mol. The zero-order chi connectivity index (χ0) is 15.0. The molecule has 7 heteroatoms. The number of rotatable bonds is 4. The van der Waals surface area contributed by atoms with E-state index in [1.54, 1.807) is 18.5 Å². The largest absolute Gasteiger partial charge is 0.506 e. The van der Waals surface area contributed by atoms with Crippen LogP contribution in [0, 0.1) is 17.0 Å². The lowest BCUT2D eigenvalue weighted by molar-refractivity contribution is -0.383. The predicted molar refractivity (Wildman–Crippen MR) is 71.9 cm³/mol. The number of hydrogen-bond acceptors (Lipinski definition) is 4. The third-order valence-electron chi connectivity index (χ3n) is 3.50. The Bertz CT molecular complexity index is 717. The molecule has 0 radical (unpaired) electrons. The lowest BCUT2D eigenvalue weighted by Crippen LogP contribution is -1.99. The number of phenols is 1. The zero-order valence-corrected chi connectivity index (χ0v) is 11.1. The number of aromatic nitrogens is 1. The number of aromatic hydroxyl groups is 1. The second-order valence-electron chi connectivity index (χ2n) is 4.60. The van der Waals surface area contributed by atoms with Crippen LogP contribution in [0.1, 0.15) is 17.7 Å². The number of fused-ring (bicyclic) bond motifs is 1. The summed E-state index contributed by atoms with van der Waals surface area (Å²) >= 11 is 0. The molecule has 2 rings (SSSR count). The zero-order valence-electron chi connectivity index (χ0n) is 11.1. The van der Waals surface area contributed by atoms with Crippen LogP contribution in [0.4, 0.5) is 5.69 Å². The van der Waals surface area contributed by atoms with Crippen LogP contribution in [0.5, 0.6) is 5.75 Å². The minimum absolute atomic E-state index is 0.0576. The smallest absolute Gasteiger partial charge is 0.303 e. The van der Waals surface area contributed by atoms with E-state index in [0.29, 0.717) is 22.2 Å². The van der Waals surface area contributed by atoms with Crippen molar-refractivity contribution in [2.75, 3.05) is 0 Å². The van der Waals surface area contributed by atoms with Gasteiger partial charge in [-0.2, -0.15) is 0 Å². The number of hydrogen-bond donors (Lipinski definition) is 2. The number of nitro benzene ring substituents is 1. The fraction of sp³-hybridized carbons (Fsp3) is 0.308. The normalized spacial score (nSPS) is 10.9. The first kappa shape index (κ1) is 13.9. The van der Waals surface area contributed by atoms with Gasteiger partial charge in [-0.3, -0.25) is 14.9 Å².